The predicted octanol–water partition coefficient (Wildman–Crippen LogP) is 7.42. The van der Waals surface area contributed by atoms with Crippen LogP contribution in [0.1, 0.15) is 23.2 Å². The molecule has 0 amide bonds. The van der Waals surface area contributed by atoms with Crippen LogP contribution in [-0.2, 0) is 16.3 Å². The first-order chi connectivity index (χ1) is 19.3. The highest BCUT2D eigenvalue weighted by Gasteiger charge is 2.31. The number of benzene rings is 2. The maximum Gasteiger partial charge on any atom is 0.417 e. The second-order valence-corrected chi connectivity index (χ2v) is 11.6. The van der Waals surface area contributed by atoms with Crippen molar-refractivity contribution in [3.8, 4) is 22.7 Å². The van der Waals surface area contributed by atoms with Crippen molar-refractivity contribution in [3.05, 3.63) is 87.7 Å². The number of nitrogens with one attached hydrogen (secondary N) is 1. The summed E-state index contributed by atoms with van der Waals surface area (Å²) in [5.74, 6) is -0.349. The summed E-state index contributed by atoms with van der Waals surface area (Å²) in [6, 6.07) is 12.9. The number of rotatable bonds is 9. The molecule has 2 heterocycles. The Labute approximate surface area is 248 Å². The van der Waals surface area contributed by atoms with E-state index in [0.29, 0.717) is 33.7 Å². The van der Waals surface area contributed by atoms with Gasteiger partial charge in [0, 0.05) is 22.3 Å². The van der Waals surface area contributed by atoms with E-state index in [4.69, 9.17) is 39.6 Å². The highest BCUT2D eigenvalue weighted by molar-refractivity contribution is 7.87. The Hall–Kier alpha value is -3.26. The molecule has 0 radical (unpaired) electrons. The summed E-state index contributed by atoms with van der Waals surface area (Å²) in [5, 5.41) is 8.10. The molecular formula is C26H20Cl2F4N4O3S2. The molecule has 15 heteroatoms. The van der Waals surface area contributed by atoms with Crippen LogP contribution in [0, 0.1) is 6.92 Å². The van der Waals surface area contributed by atoms with Crippen LogP contribution in [0.5, 0.6) is 5.75 Å². The van der Waals surface area contributed by atoms with Crippen molar-refractivity contribution in [2.24, 2.45) is 0 Å². The molecule has 7 nitrogen and oxygen atoms in total. The molecule has 0 saturated carbocycles. The van der Waals surface area contributed by atoms with Gasteiger partial charge in [-0.1, -0.05) is 35.4 Å². The standard InChI is InChI=1S/C26H20Cl2F4N4O3S2/c1-15-23(25(40)34-22-10-5-17(14-33-22)26(30,31)32)35-36(21-9-6-18(27)13-20(21)28)24(15)16-3-7-19(8-4-16)39-41(37,38)12-2-11-29/h3-10,13-14H,2,11-12H2,1H3,(H,33,34,40). The number of anilines is 1. The third-order valence-electron chi connectivity index (χ3n) is 5.69. The van der Waals surface area contributed by atoms with E-state index >= 15 is 0 Å². The molecule has 1 N–H and O–H groups in total. The Balaban J connectivity index is 1.72. The van der Waals surface area contributed by atoms with Crippen LogP contribution in [0.25, 0.3) is 16.9 Å². The molecule has 41 heavy (non-hydrogen) atoms. The van der Waals surface area contributed by atoms with E-state index in [1.54, 1.807) is 31.2 Å². The minimum atomic E-state index is -4.53. The predicted molar refractivity (Wildman–Crippen MR) is 153 cm³/mol. The van der Waals surface area contributed by atoms with E-state index in [9.17, 15) is 26.0 Å². The molecule has 0 aliphatic heterocycles. The summed E-state index contributed by atoms with van der Waals surface area (Å²) >= 11 is 18.1. The van der Waals surface area contributed by atoms with Crippen molar-refractivity contribution >= 4 is 56.3 Å². The van der Waals surface area contributed by atoms with Crippen molar-refractivity contribution in [2.45, 2.75) is 19.5 Å². The van der Waals surface area contributed by atoms with E-state index in [-0.39, 0.29) is 33.7 Å². The lowest BCUT2D eigenvalue weighted by molar-refractivity contribution is -0.137. The average molecular weight is 648 g/mol. The monoisotopic (exact) mass is 646 g/mol. The molecule has 4 aromatic rings. The first-order valence-electron chi connectivity index (χ1n) is 11.8. The highest BCUT2D eigenvalue weighted by Crippen LogP contribution is 2.34. The fourth-order valence-corrected chi connectivity index (χ4v) is 5.51. The van der Waals surface area contributed by atoms with Crippen molar-refractivity contribution in [1.82, 2.24) is 14.8 Å². The molecule has 0 fully saturated rings. The van der Waals surface area contributed by atoms with E-state index in [1.165, 1.54) is 22.9 Å². The lowest BCUT2D eigenvalue weighted by atomic mass is 10.1. The number of aromatic nitrogens is 3. The lowest BCUT2D eigenvalue weighted by Crippen LogP contribution is -2.14. The summed E-state index contributed by atoms with van der Waals surface area (Å²) in [6.45, 7) is 0.948. The number of halogens is 6. The highest BCUT2D eigenvalue weighted by atomic mass is 35.5. The van der Waals surface area contributed by atoms with Gasteiger partial charge in [-0.3, -0.25) is 4.39 Å². The molecule has 0 saturated heterocycles. The van der Waals surface area contributed by atoms with Crippen LogP contribution in [0.3, 0.4) is 0 Å². The number of thiocarbonyl (C=S) groups is 1. The van der Waals surface area contributed by atoms with E-state index in [1.807, 2.05) is 0 Å². The molecule has 0 unspecified atom stereocenters. The summed E-state index contributed by atoms with van der Waals surface area (Å²) < 4.78 is 81.8. The second-order valence-electron chi connectivity index (χ2n) is 8.63. The third kappa shape index (κ3) is 7.34. The van der Waals surface area contributed by atoms with Crippen LogP contribution < -0.4 is 9.50 Å². The molecule has 2 aromatic heterocycles. The molecule has 0 bridgehead atoms. The third-order valence-corrected chi connectivity index (χ3v) is 7.75. The number of hydrogen-bond donors (Lipinski definition) is 1. The topological polar surface area (TPSA) is 86.1 Å². The van der Waals surface area contributed by atoms with Gasteiger partial charge in [0.1, 0.15) is 22.2 Å². The van der Waals surface area contributed by atoms with Crippen molar-refractivity contribution in [2.75, 3.05) is 17.7 Å². The molecule has 0 spiro atoms. The molecule has 0 aliphatic rings. The Morgan fingerprint density at radius 2 is 1.80 bits per heavy atom. The fraction of sp³-hybridized carbons (Fsp3) is 0.192. The Morgan fingerprint density at radius 3 is 2.39 bits per heavy atom. The van der Waals surface area contributed by atoms with Gasteiger partial charge in [-0.05, 0) is 67.9 Å². The van der Waals surface area contributed by atoms with Gasteiger partial charge in [-0.25, -0.2) is 9.67 Å². The zero-order valence-corrected chi connectivity index (χ0v) is 24.2. The summed E-state index contributed by atoms with van der Waals surface area (Å²) in [7, 11) is -3.97. The van der Waals surface area contributed by atoms with E-state index < -0.39 is 34.3 Å². The van der Waals surface area contributed by atoms with Gasteiger partial charge in [0.25, 0.3) is 0 Å². The Morgan fingerprint density at radius 1 is 1.10 bits per heavy atom. The quantitative estimate of drug-likeness (QED) is 0.115. The Bertz CT molecular complexity index is 1680. The smallest absolute Gasteiger partial charge is 0.382 e. The molecule has 0 aliphatic carbocycles. The van der Waals surface area contributed by atoms with E-state index in [2.05, 4.69) is 15.4 Å². The molecule has 216 valence electrons. The van der Waals surface area contributed by atoms with Crippen LogP contribution in [0.2, 0.25) is 10.0 Å². The van der Waals surface area contributed by atoms with Crippen LogP contribution in [0.4, 0.5) is 23.4 Å². The van der Waals surface area contributed by atoms with Gasteiger partial charge in [-0.2, -0.15) is 26.7 Å². The summed E-state index contributed by atoms with van der Waals surface area (Å²) in [4.78, 5) is 3.88. The number of pyridine rings is 1. The molecule has 0 atom stereocenters. The van der Waals surface area contributed by atoms with E-state index in [0.717, 1.165) is 12.1 Å². The van der Waals surface area contributed by atoms with Gasteiger partial charge >= 0.3 is 16.3 Å². The average Bonchev–Trinajstić information content (AvgIpc) is 3.24. The molecule has 2 aromatic carbocycles. The number of hydrogen-bond acceptors (Lipinski definition) is 6. The van der Waals surface area contributed by atoms with Gasteiger partial charge in [0.2, 0.25) is 0 Å². The van der Waals surface area contributed by atoms with Crippen molar-refractivity contribution in [3.63, 3.8) is 0 Å². The minimum absolute atomic E-state index is 0.0339. The molecular weight excluding hydrogens is 627 g/mol. The summed E-state index contributed by atoms with van der Waals surface area (Å²) in [6.07, 6.45) is -4.02. The van der Waals surface area contributed by atoms with Gasteiger partial charge in [0.15, 0.2) is 0 Å². The number of nitrogens with zero attached hydrogens (tertiary/aromatic N) is 3. The lowest BCUT2D eigenvalue weighted by Gasteiger charge is -2.12. The fourth-order valence-electron chi connectivity index (χ4n) is 3.78. The summed E-state index contributed by atoms with van der Waals surface area (Å²) in [5.41, 5.74) is 1.51. The van der Waals surface area contributed by atoms with Crippen LogP contribution in [-0.4, -0.2) is 40.6 Å². The van der Waals surface area contributed by atoms with Crippen molar-refractivity contribution < 1.29 is 30.2 Å². The first-order valence-corrected chi connectivity index (χ1v) is 14.5. The second kappa shape index (κ2) is 12.3. The Kier molecular flexibility index (Phi) is 9.22. The largest absolute Gasteiger partial charge is 0.417 e. The number of alkyl halides is 4. The van der Waals surface area contributed by atoms with Crippen molar-refractivity contribution in [1.29, 1.82) is 0 Å². The van der Waals surface area contributed by atoms with Crippen LogP contribution in [0.15, 0.2) is 60.8 Å². The normalized spacial score (nSPS) is 11.9. The molecule has 4 rings (SSSR count). The van der Waals surface area contributed by atoms with Gasteiger partial charge < -0.3 is 9.50 Å². The maximum atomic E-state index is 12.9. The van der Waals surface area contributed by atoms with Gasteiger partial charge in [0.05, 0.1) is 34.4 Å². The zero-order valence-electron chi connectivity index (χ0n) is 21.0. The minimum Gasteiger partial charge on any atom is -0.382 e. The first kappa shape index (κ1) is 30.7. The van der Waals surface area contributed by atoms with Crippen LogP contribution >= 0.6 is 35.4 Å². The SMILES string of the molecule is Cc1c(C(=S)Nc2ccc(C(F)(F)F)cn2)nn(-c2ccc(Cl)cc2Cl)c1-c1ccc(OS(=O)(=O)CCCF)cc1. The maximum absolute atomic E-state index is 12.9. The van der Waals surface area contributed by atoms with Gasteiger partial charge in [-0.15, -0.1) is 0 Å². The zero-order chi connectivity index (χ0) is 29.9.